The lowest BCUT2D eigenvalue weighted by molar-refractivity contribution is 0.728. The fourth-order valence-electron chi connectivity index (χ4n) is 10.1. The zero-order valence-electron chi connectivity index (χ0n) is 30.5. The van der Waals surface area contributed by atoms with Crippen LogP contribution in [0.15, 0.2) is 152 Å². The van der Waals surface area contributed by atoms with Crippen molar-refractivity contribution in [2.45, 2.75) is 31.7 Å². The van der Waals surface area contributed by atoms with Gasteiger partial charge in [0.1, 0.15) is 0 Å². The molecule has 2 aromatic heterocycles. The molecule has 0 saturated carbocycles. The Balaban J connectivity index is 1.09. The van der Waals surface area contributed by atoms with Gasteiger partial charge in [-0.15, -0.1) is 11.3 Å². The van der Waals surface area contributed by atoms with Crippen molar-refractivity contribution >= 4 is 83.0 Å². The molecule has 0 bridgehead atoms. The first-order valence-corrected chi connectivity index (χ1v) is 20.2. The maximum atomic E-state index is 5.56. The molecule has 2 nitrogen and oxygen atoms in total. The third kappa shape index (κ3) is 4.51. The molecule has 2 aliphatic carbocycles. The number of fused-ring (bicyclic) bond motifs is 12. The smallest absolute Gasteiger partial charge is 0.0793 e. The first kappa shape index (κ1) is 31.1. The number of nitrogens with zero attached hydrogens (tertiary/aromatic N) is 2. The molecule has 3 aliphatic rings. The lowest BCUT2D eigenvalue weighted by Gasteiger charge is -2.32. The second kappa shape index (κ2) is 11.9. The van der Waals surface area contributed by atoms with Gasteiger partial charge in [0.2, 0.25) is 0 Å². The van der Waals surface area contributed by atoms with Crippen LogP contribution in [0, 0.1) is 6.92 Å². The van der Waals surface area contributed by atoms with Crippen LogP contribution in [-0.2, 0) is 6.42 Å². The molecule has 0 N–H and O–H groups in total. The van der Waals surface area contributed by atoms with Crippen molar-refractivity contribution in [1.29, 1.82) is 0 Å². The van der Waals surface area contributed by atoms with Crippen LogP contribution >= 0.6 is 11.3 Å². The van der Waals surface area contributed by atoms with E-state index >= 15 is 0 Å². The Morgan fingerprint density at radius 1 is 0.636 bits per heavy atom. The van der Waals surface area contributed by atoms with E-state index in [0.717, 1.165) is 24.1 Å². The number of hydrogen-bond acceptors (Lipinski definition) is 3. The standard InChI is InChI=1S/C52H36N2S/c1-31-35-14-8-10-20-43(35)53-52(49(31)34-24-29-48-42(30-34)40-19-9-11-21-47(40)55-48)41-25-28-44(39-18-7-6-17-38(39)41)54-45-26-22-32-12-2-4-15-36(32)50(45)51-37-16-5-3-13-33(37)23-27-46(51)54/h2-23,25-28,30,45,50H,24,29H2,1H3. The predicted octanol–water partition coefficient (Wildman–Crippen LogP) is 13.9. The summed E-state index contributed by atoms with van der Waals surface area (Å²) in [6.45, 7) is 2.31. The van der Waals surface area contributed by atoms with Crippen molar-refractivity contribution in [1.82, 2.24) is 4.98 Å². The van der Waals surface area contributed by atoms with E-state index in [-0.39, 0.29) is 12.0 Å². The molecule has 0 saturated heterocycles. The number of allylic oxidation sites excluding steroid dienone is 1. The van der Waals surface area contributed by atoms with E-state index in [2.05, 4.69) is 176 Å². The highest BCUT2D eigenvalue weighted by Crippen LogP contribution is 2.55. The zero-order valence-corrected chi connectivity index (χ0v) is 31.3. The number of aromatic nitrogens is 1. The lowest BCUT2D eigenvalue weighted by atomic mass is 9.80. The first-order valence-electron chi connectivity index (χ1n) is 19.4. The molecule has 1 aliphatic heterocycles. The summed E-state index contributed by atoms with van der Waals surface area (Å²) in [4.78, 5) is 9.68. The minimum Gasteiger partial charge on any atom is -0.333 e. The minimum absolute atomic E-state index is 0.156. The quantitative estimate of drug-likeness (QED) is 0.181. The summed E-state index contributed by atoms with van der Waals surface area (Å²) in [5.74, 6) is 0.230. The summed E-state index contributed by atoms with van der Waals surface area (Å²) in [5, 5.41) is 7.69. The molecule has 3 heterocycles. The van der Waals surface area contributed by atoms with Gasteiger partial charge in [-0.05, 0) is 105 Å². The van der Waals surface area contributed by atoms with Crippen molar-refractivity contribution in [3.05, 3.63) is 190 Å². The summed E-state index contributed by atoms with van der Waals surface area (Å²) in [6.07, 6.45) is 9.31. The summed E-state index contributed by atoms with van der Waals surface area (Å²) in [6, 6.07) is 54.0. The van der Waals surface area contributed by atoms with Gasteiger partial charge in [0.25, 0.3) is 0 Å². The Kier molecular flexibility index (Phi) is 6.70. The number of rotatable bonds is 3. The van der Waals surface area contributed by atoms with Gasteiger partial charge in [-0.2, -0.15) is 0 Å². The van der Waals surface area contributed by atoms with E-state index in [1.54, 1.807) is 0 Å². The van der Waals surface area contributed by atoms with Crippen LogP contribution in [0.2, 0.25) is 0 Å². The topological polar surface area (TPSA) is 16.1 Å². The molecule has 55 heavy (non-hydrogen) atoms. The SMILES string of the molecule is Cc1c(C2=Cc3c(sc4ccccc34)CC2)c(-c2ccc(N3c4ccc5ccccc5c4C4c5ccccc5C=CC43)c3ccccc23)nc2ccccc12. The normalized spacial score (nSPS) is 17.0. The van der Waals surface area contributed by atoms with Gasteiger partial charge >= 0.3 is 0 Å². The average molecular weight is 721 g/mol. The number of para-hydroxylation sites is 1. The monoisotopic (exact) mass is 720 g/mol. The summed E-state index contributed by atoms with van der Waals surface area (Å²) >= 11 is 1.95. The zero-order chi connectivity index (χ0) is 36.2. The van der Waals surface area contributed by atoms with Crippen molar-refractivity contribution in [3.63, 3.8) is 0 Å². The molecule has 0 radical (unpaired) electrons. The number of pyridine rings is 1. The van der Waals surface area contributed by atoms with Crippen LogP contribution in [0.3, 0.4) is 0 Å². The largest absolute Gasteiger partial charge is 0.333 e. The maximum absolute atomic E-state index is 5.56. The summed E-state index contributed by atoms with van der Waals surface area (Å²) in [5.41, 5.74) is 15.3. The number of thiophene rings is 1. The van der Waals surface area contributed by atoms with E-state index in [9.17, 15) is 0 Å². The molecule has 7 aromatic carbocycles. The molecule has 9 aromatic rings. The Morgan fingerprint density at radius 3 is 2.27 bits per heavy atom. The van der Waals surface area contributed by atoms with Crippen LogP contribution in [-0.4, -0.2) is 11.0 Å². The lowest BCUT2D eigenvalue weighted by Crippen LogP contribution is -2.30. The van der Waals surface area contributed by atoms with E-state index in [4.69, 9.17) is 4.98 Å². The van der Waals surface area contributed by atoms with Crippen LogP contribution in [0.4, 0.5) is 11.4 Å². The Hall–Kier alpha value is -6.29. The van der Waals surface area contributed by atoms with Crippen molar-refractivity contribution in [3.8, 4) is 11.3 Å². The van der Waals surface area contributed by atoms with Gasteiger partial charge in [0, 0.05) is 48.8 Å². The van der Waals surface area contributed by atoms with Crippen LogP contribution in [0.25, 0.3) is 71.5 Å². The van der Waals surface area contributed by atoms with Gasteiger partial charge in [-0.1, -0.05) is 133 Å². The number of aryl methyl sites for hydroxylation is 2. The van der Waals surface area contributed by atoms with Crippen molar-refractivity contribution in [2.24, 2.45) is 0 Å². The highest BCUT2D eigenvalue weighted by molar-refractivity contribution is 7.19. The highest BCUT2D eigenvalue weighted by Gasteiger charge is 2.42. The minimum atomic E-state index is 0.156. The van der Waals surface area contributed by atoms with E-state index < -0.39 is 0 Å². The molecule has 0 spiro atoms. The molecule has 12 rings (SSSR count). The third-order valence-corrected chi connectivity index (χ3v) is 13.7. The predicted molar refractivity (Wildman–Crippen MR) is 235 cm³/mol. The molecule has 0 amide bonds. The average Bonchev–Trinajstić information content (AvgIpc) is 3.79. The molecule has 0 fully saturated rings. The second-order valence-corrected chi connectivity index (χ2v) is 16.4. The van der Waals surface area contributed by atoms with Gasteiger partial charge in [-0.3, -0.25) is 0 Å². The van der Waals surface area contributed by atoms with Gasteiger partial charge in [-0.25, -0.2) is 4.98 Å². The Morgan fingerprint density at radius 2 is 1.36 bits per heavy atom. The highest BCUT2D eigenvalue weighted by atomic mass is 32.1. The maximum Gasteiger partial charge on any atom is 0.0793 e. The fraction of sp³-hybridized carbons (Fsp3) is 0.0962. The molecule has 2 unspecified atom stereocenters. The van der Waals surface area contributed by atoms with E-state index in [1.165, 1.54) is 97.8 Å². The number of hydrogen-bond donors (Lipinski definition) is 0. The van der Waals surface area contributed by atoms with Gasteiger partial charge in [0.15, 0.2) is 0 Å². The van der Waals surface area contributed by atoms with Gasteiger partial charge < -0.3 is 4.90 Å². The molecule has 260 valence electrons. The molecule has 3 heteroatoms. The first-order chi connectivity index (χ1) is 27.2. The van der Waals surface area contributed by atoms with Crippen LogP contribution in [0.5, 0.6) is 0 Å². The fourth-order valence-corrected chi connectivity index (χ4v) is 11.3. The van der Waals surface area contributed by atoms with Crippen molar-refractivity contribution in [2.75, 3.05) is 4.90 Å². The molecular formula is C52H36N2S. The van der Waals surface area contributed by atoms with E-state index in [1.807, 2.05) is 11.3 Å². The van der Waals surface area contributed by atoms with Crippen LogP contribution < -0.4 is 4.90 Å². The molecule has 2 atom stereocenters. The molecular weight excluding hydrogens is 685 g/mol. The van der Waals surface area contributed by atoms with Gasteiger partial charge in [0.05, 0.1) is 17.3 Å². The summed E-state index contributed by atoms with van der Waals surface area (Å²) < 4.78 is 1.37. The third-order valence-electron chi connectivity index (χ3n) is 12.5. The number of benzene rings is 7. The Bertz CT molecular complexity index is 3140. The summed E-state index contributed by atoms with van der Waals surface area (Å²) in [7, 11) is 0. The second-order valence-electron chi connectivity index (χ2n) is 15.3. The Labute approximate surface area is 324 Å². The number of anilines is 2. The van der Waals surface area contributed by atoms with E-state index in [0.29, 0.717) is 0 Å². The van der Waals surface area contributed by atoms with Crippen molar-refractivity contribution < 1.29 is 0 Å². The van der Waals surface area contributed by atoms with Crippen LogP contribution in [0.1, 0.15) is 50.6 Å².